The molecule has 1 N–H and O–H groups in total. The van der Waals surface area contributed by atoms with Crippen LogP contribution in [0.15, 0.2) is 35.9 Å². The van der Waals surface area contributed by atoms with Gasteiger partial charge in [-0.15, -0.1) is 0 Å². The van der Waals surface area contributed by atoms with Crippen molar-refractivity contribution < 1.29 is 18.7 Å². The number of rotatable bonds is 11. The number of methoxy groups -OCH3 is 1. The minimum absolute atomic E-state index is 0.00278. The largest absolute Gasteiger partial charge is 0.383 e. The van der Waals surface area contributed by atoms with Crippen molar-refractivity contribution in [3.05, 3.63) is 47.3 Å². The molecule has 0 aliphatic carbocycles. The van der Waals surface area contributed by atoms with Gasteiger partial charge in [0.25, 0.3) is 5.91 Å². The number of hydrogen-bond donors (Lipinski definition) is 1. The number of nitrogens with one attached hydrogen (secondary N) is 1. The van der Waals surface area contributed by atoms with E-state index >= 15 is 0 Å². The Kier molecular flexibility index (Phi) is 9.25. The van der Waals surface area contributed by atoms with Crippen molar-refractivity contribution in [3.8, 4) is 0 Å². The molecule has 34 heavy (non-hydrogen) atoms. The number of halogens is 1. The van der Waals surface area contributed by atoms with E-state index in [9.17, 15) is 14.0 Å². The second-order valence-corrected chi connectivity index (χ2v) is 10.2. The summed E-state index contributed by atoms with van der Waals surface area (Å²) in [5.74, 6) is 0.0488. The fourth-order valence-corrected chi connectivity index (χ4v) is 5.34. The van der Waals surface area contributed by atoms with E-state index in [1.807, 2.05) is 6.07 Å². The molecule has 3 amide bonds. The summed E-state index contributed by atoms with van der Waals surface area (Å²) >= 11 is 0. The number of piperidine rings is 1. The highest BCUT2D eigenvalue weighted by molar-refractivity contribution is 6.07. The van der Waals surface area contributed by atoms with Gasteiger partial charge >= 0.3 is 6.03 Å². The number of amides is 3. The fraction of sp³-hybridized carbons (Fsp3) is 0.630. The average Bonchev–Trinajstić information content (AvgIpc) is 3.02. The average molecular weight is 474 g/mol. The van der Waals surface area contributed by atoms with E-state index in [0.29, 0.717) is 12.3 Å². The molecule has 3 rings (SSSR count). The quantitative estimate of drug-likeness (QED) is 0.382. The van der Waals surface area contributed by atoms with E-state index in [1.165, 1.54) is 22.6 Å². The third-order valence-corrected chi connectivity index (χ3v) is 7.16. The maximum atomic E-state index is 13.9. The molecule has 0 unspecified atom stereocenters. The Morgan fingerprint density at radius 3 is 2.68 bits per heavy atom. The second-order valence-electron chi connectivity index (χ2n) is 10.2. The van der Waals surface area contributed by atoms with Gasteiger partial charge < -0.3 is 15.0 Å². The summed E-state index contributed by atoms with van der Waals surface area (Å²) in [4.78, 5) is 30.2. The summed E-state index contributed by atoms with van der Waals surface area (Å²) in [6, 6.07) is 5.96. The first-order valence-electron chi connectivity index (χ1n) is 12.5. The first-order valence-corrected chi connectivity index (χ1v) is 12.5. The normalized spacial score (nSPS) is 22.7. The minimum Gasteiger partial charge on any atom is -0.383 e. The Bertz CT molecular complexity index is 878. The van der Waals surface area contributed by atoms with Gasteiger partial charge in [0, 0.05) is 20.1 Å². The van der Waals surface area contributed by atoms with Crippen molar-refractivity contribution in [3.63, 3.8) is 0 Å². The molecule has 1 aromatic carbocycles. The SMILES string of the molecule is COCCN1C(=O)N[C@](Cc2cccc(F)c2)(C2CCN(C[C@@H](C)CCC=C(C)C)CC2)C1=O. The molecule has 2 heterocycles. The Labute approximate surface area is 203 Å². The number of nitrogens with zero attached hydrogens (tertiary/aromatic N) is 2. The van der Waals surface area contributed by atoms with Crippen molar-refractivity contribution in [2.75, 3.05) is 39.9 Å². The van der Waals surface area contributed by atoms with Crippen LogP contribution in [0.1, 0.15) is 52.0 Å². The summed E-state index contributed by atoms with van der Waals surface area (Å²) in [6.45, 7) is 9.90. The summed E-state index contributed by atoms with van der Waals surface area (Å²) in [7, 11) is 1.55. The lowest BCUT2D eigenvalue weighted by Crippen LogP contribution is -2.57. The summed E-state index contributed by atoms with van der Waals surface area (Å²) < 4.78 is 19.0. The second kappa shape index (κ2) is 11.9. The zero-order valence-electron chi connectivity index (χ0n) is 21.1. The van der Waals surface area contributed by atoms with E-state index in [4.69, 9.17) is 4.74 Å². The van der Waals surface area contributed by atoms with Crippen LogP contribution in [0.5, 0.6) is 0 Å². The highest BCUT2D eigenvalue weighted by Gasteiger charge is 2.55. The first-order chi connectivity index (χ1) is 16.2. The molecule has 0 aromatic heterocycles. The van der Waals surface area contributed by atoms with Crippen LogP contribution >= 0.6 is 0 Å². The molecule has 1 aromatic rings. The van der Waals surface area contributed by atoms with Crippen LogP contribution < -0.4 is 5.32 Å². The van der Waals surface area contributed by atoms with Crippen LogP contribution in [0.2, 0.25) is 0 Å². The van der Waals surface area contributed by atoms with Crippen molar-refractivity contribution >= 4 is 11.9 Å². The van der Waals surface area contributed by atoms with Gasteiger partial charge in [-0.1, -0.05) is 30.7 Å². The summed E-state index contributed by atoms with van der Waals surface area (Å²) in [5.41, 5.74) is 1.04. The van der Waals surface area contributed by atoms with Gasteiger partial charge in [0.15, 0.2) is 0 Å². The van der Waals surface area contributed by atoms with E-state index < -0.39 is 5.54 Å². The Morgan fingerprint density at radius 2 is 2.03 bits per heavy atom. The van der Waals surface area contributed by atoms with Gasteiger partial charge in [0.2, 0.25) is 0 Å². The number of benzene rings is 1. The highest BCUT2D eigenvalue weighted by atomic mass is 19.1. The lowest BCUT2D eigenvalue weighted by molar-refractivity contribution is -0.134. The zero-order chi connectivity index (χ0) is 24.7. The molecule has 2 aliphatic rings. The third-order valence-electron chi connectivity index (χ3n) is 7.16. The Balaban J connectivity index is 1.71. The zero-order valence-corrected chi connectivity index (χ0v) is 21.1. The molecule has 0 saturated carbocycles. The third kappa shape index (κ3) is 6.45. The molecule has 0 bridgehead atoms. The van der Waals surface area contributed by atoms with Crippen molar-refractivity contribution in [2.24, 2.45) is 11.8 Å². The molecule has 2 saturated heterocycles. The van der Waals surface area contributed by atoms with Crippen molar-refractivity contribution in [2.45, 2.75) is 58.4 Å². The molecule has 188 valence electrons. The number of likely N-dealkylation sites (tertiary alicyclic amines) is 1. The number of urea groups is 1. The van der Waals surface area contributed by atoms with Crippen LogP contribution in [0.25, 0.3) is 0 Å². The fourth-order valence-electron chi connectivity index (χ4n) is 5.34. The molecule has 2 aliphatic heterocycles. The number of imide groups is 1. The highest BCUT2D eigenvalue weighted by Crippen LogP contribution is 2.37. The lowest BCUT2D eigenvalue weighted by atomic mass is 9.73. The maximum Gasteiger partial charge on any atom is 0.325 e. The van der Waals surface area contributed by atoms with Gasteiger partial charge in [0.1, 0.15) is 11.4 Å². The number of allylic oxidation sites excluding steroid dienone is 2. The molecule has 6 nitrogen and oxygen atoms in total. The monoisotopic (exact) mass is 473 g/mol. The Morgan fingerprint density at radius 1 is 1.29 bits per heavy atom. The molecule has 2 fully saturated rings. The van der Waals surface area contributed by atoms with Crippen molar-refractivity contribution in [1.29, 1.82) is 0 Å². The minimum atomic E-state index is -1.04. The van der Waals surface area contributed by atoms with E-state index in [-0.39, 0.29) is 36.8 Å². The van der Waals surface area contributed by atoms with Gasteiger partial charge in [0.05, 0.1) is 13.2 Å². The Hall–Kier alpha value is -2.25. The van der Waals surface area contributed by atoms with E-state index in [0.717, 1.165) is 50.9 Å². The van der Waals surface area contributed by atoms with Gasteiger partial charge in [-0.25, -0.2) is 9.18 Å². The molecular formula is C27H40FN3O3. The van der Waals surface area contributed by atoms with Gasteiger partial charge in [-0.2, -0.15) is 0 Å². The summed E-state index contributed by atoms with van der Waals surface area (Å²) in [5, 5.41) is 3.04. The molecular weight excluding hydrogens is 433 g/mol. The number of carbonyl (C=O) groups excluding carboxylic acids is 2. The van der Waals surface area contributed by atoms with Crippen LogP contribution in [-0.4, -0.2) is 67.2 Å². The molecule has 2 atom stereocenters. The van der Waals surface area contributed by atoms with E-state index in [2.05, 4.69) is 37.1 Å². The van der Waals surface area contributed by atoms with Crippen molar-refractivity contribution in [1.82, 2.24) is 15.1 Å². The maximum absolute atomic E-state index is 13.9. The number of ether oxygens (including phenoxy) is 1. The smallest absolute Gasteiger partial charge is 0.325 e. The van der Waals surface area contributed by atoms with Crippen LogP contribution in [0.4, 0.5) is 9.18 Å². The van der Waals surface area contributed by atoms with Crippen LogP contribution in [0, 0.1) is 17.7 Å². The topological polar surface area (TPSA) is 61.9 Å². The standard InChI is InChI=1S/C27H40FN3O3/c1-20(2)7-5-8-21(3)19-30-13-11-23(12-14-30)27(18-22-9-6-10-24(28)17-22)25(32)31(15-16-34-4)26(33)29-27/h6-7,9-10,17,21,23H,5,8,11-16,18-19H2,1-4H3,(H,29,33)/t21-,27+/m0/s1. The van der Waals surface area contributed by atoms with Gasteiger partial charge in [-0.05, 0) is 82.2 Å². The predicted molar refractivity (Wildman–Crippen MR) is 132 cm³/mol. The number of hydrogen-bond acceptors (Lipinski definition) is 4. The summed E-state index contributed by atoms with van der Waals surface area (Å²) in [6.07, 6.45) is 6.50. The molecule has 0 spiro atoms. The predicted octanol–water partition coefficient (Wildman–Crippen LogP) is 4.40. The molecule has 0 radical (unpaired) electrons. The van der Waals surface area contributed by atoms with Crippen LogP contribution in [0.3, 0.4) is 0 Å². The molecule has 7 heteroatoms. The lowest BCUT2D eigenvalue weighted by Gasteiger charge is -2.41. The van der Waals surface area contributed by atoms with Crippen LogP contribution in [-0.2, 0) is 16.0 Å². The van der Waals surface area contributed by atoms with Gasteiger partial charge in [-0.3, -0.25) is 9.69 Å². The number of carbonyl (C=O) groups is 2. The first kappa shape index (κ1) is 26.4. The van der Waals surface area contributed by atoms with E-state index in [1.54, 1.807) is 13.2 Å².